The van der Waals surface area contributed by atoms with Gasteiger partial charge >= 0.3 is 0 Å². The van der Waals surface area contributed by atoms with E-state index in [1.165, 1.54) is 5.56 Å². The summed E-state index contributed by atoms with van der Waals surface area (Å²) >= 11 is 1.60. The van der Waals surface area contributed by atoms with Crippen molar-refractivity contribution in [1.29, 1.82) is 0 Å². The molecule has 182 valence electrons. The largest absolute Gasteiger partial charge is 0.340 e. The Hall–Kier alpha value is -3.59. The topological polar surface area (TPSA) is 66.3 Å². The van der Waals surface area contributed by atoms with Crippen molar-refractivity contribution in [1.82, 2.24) is 24.3 Å². The van der Waals surface area contributed by atoms with Gasteiger partial charge in [0.05, 0.1) is 21.2 Å². The first-order chi connectivity index (χ1) is 17.5. The molecule has 7 nitrogen and oxygen atoms in total. The Morgan fingerprint density at radius 1 is 0.972 bits per heavy atom. The SMILES string of the molecule is CN1CCN(Cc2cccc(Nc3cc4c(cn3)cc(-c3ccc5scnc5c3)c(=O)n4C)c2)CC1. The molecule has 1 aliphatic heterocycles. The molecule has 1 fully saturated rings. The number of hydrogen-bond donors (Lipinski definition) is 1. The molecular weight excluding hydrogens is 468 g/mol. The van der Waals surface area contributed by atoms with Gasteiger partial charge in [-0.1, -0.05) is 18.2 Å². The monoisotopic (exact) mass is 496 g/mol. The zero-order chi connectivity index (χ0) is 24.6. The first-order valence-electron chi connectivity index (χ1n) is 12.1. The Morgan fingerprint density at radius 3 is 2.69 bits per heavy atom. The lowest BCUT2D eigenvalue weighted by atomic mass is 10.0. The fraction of sp³-hybridized carbons (Fsp3) is 0.250. The van der Waals surface area contributed by atoms with Crippen LogP contribution in [0, 0.1) is 0 Å². The molecule has 0 saturated carbocycles. The summed E-state index contributed by atoms with van der Waals surface area (Å²) in [7, 11) is 3.99. The van der Waals surface area contributed by atoms with Gasteiger partial charge in [0.25, 0.3) is 5.56 Å². The van der Waals surface area contributed by atoms with Crippen LogP contribution in [0.15, 0.2) is 71.1 Å². The minimum Gasteiger partial charge on any atom is -0.340 e. The van der Waals surface area contributed by atoms with E-state index in [0.717, 1.165) is 65.1 Å². The highest BCUT2D eigenvalue weighted by Gasteiger charge is 2.14. The summed E-state index contributed by atoms with van der Waals surface area (Å²) in [6, 6.07) is 18.3. The van der Waals surface area contributed by atoms with Gasteiger partial charge in [0.1, 0.15) is 5.82 Å². The van der Waals surface area contributed by atoms with Gasteiger partial charge in [-0.2, -0.15) is 0 Å². The Kier molecular flexibility index (Phi) is 6.00. The molecule has 0 aliphatic carbocycles. The van der Waals surface area contributed by atoms with Crippen molar-refractivity contribution < 1.29 is 0 Å². The number of nitrogens with one attached hydrogen (secondary N) is 1. The smallest absolute Gasteiger partial charge is 0.258 e. The normalized spacial score (nSPS) is 15.1. The molecule has 1 saturated heterocycles. The number of anilines is 2. The second-order valence-electron chi connectivity index (χ2n) is 9.49. The number of nitrogens with zero attached hydrogens (tertiary/aromatic N) is 5. The maximum absolute atomic E-state index is 13.3. The van der Waals surface area contributed by atoms with Crippen LogP contribution in [0.3, 0.4) is 0 Å². The van der Waals surface area contributed by atoms with E-state index in [0.29, 0.717) is 11.4 Å². The lowest BCUT2D eigenvalue weighted by Gasteiger charge is -2.32. The average Bonchev–Trinajstić information content (AvgIpc) is 3.36. The van der Waals surface area contributed by atoms with Crippen LogP contribution in [-0.4, -0.2) is 57.6 Å². The van der Waals surface area contributed by atoms with Crippen molar-refractivity contribution in [3.05, 3.63) is 82.2 Å². The van der Waals surface area contributed by atoms with E-state index < -0.39 is 0 Å². The van der Waals surface area contributed by atoms with E-state index in [4.69, 9.17) is 0 Å². The van der Waals surface area contributed by atoms with Gasteiger partial charge in [-0.05, 0) is 48.5 Å². The molecule has 0 amide bonds. The summed E-state index contributed by atoms with van der Waals surface area (Å²) in [5.41, 5.74) is 7.33. The molecule has 4 heterocycles. The van der Waals surface area contributed by atoms with E-state index in [9.17, 15) is 4.79 Å². The van der Waals surface area contributed by atoms with E-state index in [1.807, 2.05) is 49.1 Å². The fourth-order valence-corrected chi connectivity index (χ4v) is 5.48. The summed E-state index contributed by atoms with van der Waals surface area (Å²) < 4.78 is 2.81. The van der Waals surface area contributed by atoms with Crippen LogP contribution in [0.1, 0.15) is 5.56 Å². The number of likely N-dealkylation sites (N-methyl/N-ethyl adjacent to an activating group) is 1. The van der Waals surface area contributed by atoms with Crippen LogP contribution in [0.2, 0.25) is 0 Å². The maximum Gasteiger partial charge on any atom is 0.258 e. The number of pyridine rings is 2. The first-order valence-corrected chi connectivity index (χ1v) is 13.0. The second kappa shape index (κ2) is 9.46. The minimum atomic E-state index is -0.0385. The molecule has 2 aromatic carbocycles. The van der Waals surface area contributed by atoms with Crippen LogP contribution < -0.4 is 10.9 Å². The van der Waals surface area contributed by atoms with E-state index in [2.05, 4.69) is 56.4 Å². The summed E-state index contributed by atoms with van der Waals surface area (Å²) in [6.07, 6.45) is 1.83. The second-order valence-corrected chi connectivity index (χ2v) is 10.4. The van der Waals surface area contributed by atoms with Crippen LogP contribution in [0.25, 0.3) is 32.2 Å². The van der Waals surface area contributed by atoms with Crippen molar-refractivity contribution in [3.63, 3.8) is 0 Å². The van der Waals surface area contributed by atoms with Gasteiger partial charge in [-0.15, -0.1) is 11.3 Å². The van der Waals surface area contributed by atoms with Crippen molar-refractivity contribution in [2.45, 2.75) is 6.54 Å². The zero-order valence-corrected chi connectivity index (χ0v) is 21.3. The Balaban J connectivity index is 1.26. The van der Waals surface area contributed by atoms with Crippen LogP contribution in [0.5, 0.6) is 0 Å². The van der Waals surface area contributed by atoms with Crippen LogP contribution >= 0.6 is 11.3 Å². The van der Waals surface area contributed by atoms with Gasteiger partial charge in [0, 0.05) is 68.7 Å². The Morgan fingerprint density at radius 2 is 1.83 bits per heavy atom. The number of hydrogen-bond acceptors (Lipinski definition) is 7. The standard InChI is InChI=1S/C28H28N6OS/c1-32-8-10-34(11-9-32)17-19-4-3-5-22(12-19)31-27-15-25-21(16-29-27)13-23(28(35)33(25)2)20-6-7-26-24(14-20)30-18-36-26/h3-7,12-16,18H,8-11,17H2,1-2H3,(H,29,31). The van der Waals surface area contributed by atoms with Gasteiger partial charge in [-0.3, -0.25) is 9.69 Å². The molecule has 0 unspecified atom stereocenters. The molecule has 36 heavy (non-hydrogen) atoms. The first kappa shape index (κ1) is 22.8. The maximum atomic E-state index is 13.3. The molecule has 0 spiro atoms. The number of aryl methyl sites for hydroxylation is 1. The van der Waals surface area contributed by atoms with Crippen LogP contribution in [0.4, 0.5) is 11.5 Å². The quantitative estimate of drug-likeness (QED) is 0.381. The predicted molar refractivity (Wildman–Crippen MR) is 148 cm³/mol. The van der Waals surface area contributed by atoms with E-state index in [1.54, 1.807) is 15.9 Å². The lowest BCUT2D eigenvalue weighted by Crippen LogP contribution is -2.43. The predicted octanol–water partition coefficient (Wildman–Crippen LogP) is 4.70. The van der Waals surface area contributed by atoms with Gasteiger partial charge in [-0.25, -0.2) is 9.97 Å². The van der Waals surface area contributed by atoms with Gasteiger partial charge < -0.3 is 14.8 Å². The van der Waals surface area contributed by atoms with E-state index >= 15 is 0 Å². The molecule has 6 rings (SSSR count). The molecule has 0 radical (unpaired) electrons. The molecule has 8 heteroatoms. The summed E-state index contributed by atoms with van der Waals surface area (Å²) in [5.74, 6) is 0.714. The highest BCUT2D eigenvalue weighted by molar-refractivity contribution is 7.16. The molecule has 0 bridgehead atoms. The zero-order valence-electron chi connectivity index (χ0n) is 20.4. The molecule has 5 aromatic rings. The third-order valence-corrected chi connectivity index (χ3v) is 7.76. The Bertz CT molecular complexity index is 1620. The third kappa shape index (κ3) is 4.51. The van der Waals surface area contributed by atoms with Crippen molar-refractivity contribution in [2.75, 3.05) is 38.5 Å². The number of aromatic nitrogens is 3. The van der Waals surface area contributed by atoms with Gasteiger partial charge in [0.15, 0.2) is 0 Å². The number of piperazine rings is 1. The number of fused-ring (bicyclic) bond motifs is 2. The molecule has 1 aliphatic rings. The molecule has 1 N–H and O–H groups in total. The minimum absolute atomic E-state index is 0.0385. The number of benzene rings is 2. The summed E-state index contributed by atoms with van der Waals surface area (Å²) in [6.45, 7) is 5.35. The third-order valence-electron chi connectivity index (χ3n) is 6.95. The van der Waals surface area contributed by atoms with E-state index in [-0.39, 0.29) is 5.56 Å². The van der Waals surface area contributed by atoms with Crippen molar-refractivity contribution in [3.8, 4) is 11.1 Å². The van der Waals surface area contributed by atoms with Crippen molar-refractivity contribution >= 4 is 44.0 Å². The highest BCUT2D eigenvalue weighted by atomic mass is 32.1. The molecule has 3 aromatic heterocycles. The lowest BCUT2D eigenvalue weighted by molar-refractivity contribution is 0.148. The molecular formula is C28H28N6OS. The summed E-state index contributed by atoms with van der Waals surface area (Å²) in [5, 5.41) is 4.35. The Labute approximate surface area is 213 Å². The highest BCUT2D eigenvalue weighted by Crippen LogP contribution is 2.27. The fourth-order valence-electron chi connectivity index (χ4n) is 4.82. The molecule has 0 atom stereocenters. The number of rotatable bonds is 5. The van der Waals surface area contributed by atoms with Gasteiger partial charge in [0.2, 0.25) is 0 Å². The summed E-state index contributed by atoms with van der Waals surface area (Å²) in [4.78, 5) is 27.2. The average molecular weight is 497 g/mol. The van der Waals surface area contributed by atoms with Crippen LogP contribution in [-0.2, 0) is 13.6 Å². The van der Waals surface area contributed by atoms with Crippen molar-refractivity contribution in [2.24, 2.45) is 7.05 Å². The number of thiazole rings is 1.